The fourth-order valence-electron chi connectivity index (χ4n) is 2.12. The van der Waals surface area contributed by atoms with Crippen molar-refractivity contribution in [2.75, 3.05) is 19.6 Å². The topological polar surface area (TPSA) is 58.4 Å². The van der Waals surface area contributed by atoms with Gasteiger partial charge in [0.15, 0.2) is 0 Å². The molecule has 1 saturated carbocycles. The van der Waals surface area contributed by atoms with Crippen LogP contribution < -0.4 is 11.1 Å². The summed E-state index contributed by atoms with van der Waals surface area (Å²) in [5.74, 6) is 1.03. The molecule has 1 saturated heterocycles. The van der Waals surface area contributed by atoms with Crippen LogP contribution in [-0.4, -0.2) is 42.5 Å². The second kappa shape index (κ2) is 5.84. The van der Waals surface area contributed by atoms with Gasteiger partial charge in [0.1, 0.15) is 0 Å². The molecule has 1 amide bonds. The van der Waals surface area contributed by atoms with E-state index < -0.39 is 0 Å². The number of hydrogen-bond acceptors (Lipinski definition) is 3. The number of halogens is 1. The van der Waals surface area contributed by atoms with E-state index in [0.717, 1.165) is 25.4 Å². The number of rotatable bonds is 4. The molecule has 0 radical (unpaired) electrons. The maximum atomic E-state index is 11.8. The first-order valence-electron chi connectivity index (χ1n) is 5.94. The van der Waals surface area contributed by atoms with E-state index in [2.05, 4.69) is 5.32 Å². The molecular weight excluding hydrogens is 226 g/mol. The van der Waals surface area contributed by atoms with Gasteiger partial charge in [-0.2, -0.15) is 0 Å². The number of nitrogens with zero attached hydrogens (tertiary/aromatic N) is 1. The number of nitrogens with one attached hydrogen (secondary N) is 1. The molecule has 2 aliphatic rings. The highest BCUT2D eigenvalue weighted by molar-refractivity contribution is 5.85. The largest absolute Gasteiger partial charge is 0.337 e. The predicted octanol–water partition coefficient (Wildman–Crippen LogP) is 0.356. The third-order valence-corrected chi connectivity index (χ3v) is 3.54. The smallest absolute Gasteiger partial charge is 0.236 e. The molecule has 0 aromatic rings. The van der Waals surface area contributed by atoms with Crippen LogP contribution in [0.15, 0.2) is 0 Å². The predicted molar refractivity (Wildman–Crippen MR) is 66.6 cm³/mol. The highest BCUT2D eigenvalue weighted by Gasteiger charge is 2.31. The van der Waals surface area contributed by atoms with Gasteiger partial charge in [0.2, 0.25) is 5.91 Å². The number of nitrogens with two attached hydrogens (primary N) is 1. The molecule has 4 nitrogen and oxygen atoms in total. The monoisotopic (exact) mass is 247 g/mol. The van der Waals surface area contributed by atoms with Gasteiger partial charge >= 0.3 is 0 Å². The lowest BCUT2D eigenvalue weighted by Gasteiger charge is -2.23. The summed E-state index contributed by atoms with van der Waals surface area (Å²) in [6, 6.07) is 0.373. The Morgan fingerprint density at radius 2 is 2.12 bits per heavy atom. The SMILES string of the molecule is CC1C(N)CCN1C(=O)CNCC1CC1.Cl. The van der Waals surface area contributed by atoms with Crippen LogP contribution in [0.25, 0.3) is 0 Å². The summed E-state index contributed by atoms with van der Waals surface area (Å²) in [5.41, 5.74) is 5.88. The van der Waals surface area contributed by atoms with Gasteiger partial charge < -0.3 is 16.0 Å². The molecule has 1 aliphatic heterocycles. The molecule has 94 valence electrons. The van der Waals surface area contributed by atoms with Gasteiger partial charge in [0.05, 0.1) is 6.54 Å². The van der Waals surface area contributed by atoms with E-state index in [0.29, 0.717) is 6.54 Å². The average Bonchev–Trinajstić information content (AvgIpc) is 2.96. The minimum Gasteiger partial charge on any atom is -0.337 e. The lowest BCUT2D eigenvalue weighted by molar-refractivity contribution is -0.130. The van der Waals surface area contributed by atoms with Crippen molar-refractivity contribution in [1.82, 2.24) is 10.2 Å². The molecule has 16 heavy (non-hydrogen) atoms. The normalized spacial score (nSPS) is 29.0. The molecule has 2 atom stereocenters. The Morgan fingerprint density at radius 1 is 1.44 bits per heavy atom. The number of carbonyl (C=O) groups is 1. The summed E-state index contributed by atoms with van der Waals surface area (Å²) in [6.07, 6.45) is 3.59. The van der Waals surface area contributed by atoms with Crippen LogP contribution in [0.4, 0.5) is 0 Å². The molecule has 2 unspecified atom stereocenters. The maximum Gasteiger partial charge on any atom is 0.236 e. The van der Waals surface area contributed by atoms with Gasteiger partial charge in [-0.1, -0.05) is 0 Å². The fraction of sp³-hybridized carbons (Fsp3) is 0.909. The van der Waals surface area contributed by atoms with E-state index in [9.17, 15) is 4.79 Å². The Labute approximate surface area is 103 Å². The quantitative estimate of drug-likeness (QED) is 0.754. The average molecular weight is 248 g/mol. The van der Waals surface area contributed by atoms with E-state index in [1.165, 1.54) is 12.8 Å². The van der Waals surface area contributed by atoms with E-state index in [-0.39, 0.29) is 30.4 Å². The molecule has 0 spiro atoms. The Morgan fingerprint density at radius 3 is 2.62 bits per heavy atom. The summed E-state index contributed by atoms with van der Waals surface area (Å²) in [4.78, 5) is 13.7. The van der Waals surface area contributed by atoms with Crippen LogP contribution in [0.1, 0.15) is 26.2 Å². The summed E-state index contributed by atoms with van der Waals surface area (Å²) in [5, 5.41) is 3.23. The van der Waals surface area contributed by atoms with Crippen molar-refractivity contribution < 1.29 is 4.79 Å². The number of amides is 1. The van der Waals surface area contributed by atoms with Gasteiger partial charge in [0.25, 0.3) is 0 Å². The summed E-state index contributed by atoms with van der Waals surface area (Å²) < 4.78 is 0. The van der Waals surface area contributed by atoms with Crippen LogP contribution in [0, 0.1) is 5.92 Å². The zero-order valence-electron chi connectivity index (χ0n) is 9.82. The first-order chi connectivity index (χ1) is 7.18. The van der Waals surface area contributed by atoms with E-state index in [1.807, 2.05) is 11.8 Å². The van der Waals surface area contributed by atoms with Crippen LogP contribution in [0.5, 0.6) is 0 Å². The number of hydrogen-bond donors (Lipinski definition) is 2. The van der Waals surface area contributed by atoms with E-state index >= 15 is 0 Å². The van der Waals surface area contributed by atoms with Gasteiger partial charge in [-0.25, -0.2) is 0 Å². The summed E-state index contributed by atoms with van der Waals surface area (Å²) in [6.45, 7) is 4.34. The second-order valence-corrected chi connectivity index (χ2v) is 4.85. The molecule has 2 rings (SSSR count). The molecule has 1 heterocycles. The van der Waals surface area contributed by atoms with Crippen molar-refractivity contribution in [3.63, 3.8) is 0 Å². The van der Waals surface area contributed by atoms with Crippen LogP contribution >= 0.6 is 12.4 Å². The Kier molecular flexibility index (Phi) is 5.02. The van der Waals surface area contributed by atoms with Crippen molar-refractivity contribution in [2.24, 2.45) is 11.7 Å². The molecule has 5 heteroatoms. The Hall–Kier alpha value is -0.320. The van der Waals surface area contributed by atoms with Crippen LogP contribution in [0.3, 0.4) is 0 Å². The molecule has 3 N–H and O–H groups in total. The Balaban J connectivity index is 0.00000128. The Bertz CT molecular complexity index is 245. The van der Waals surface area contributed by atoms with Gasteiger partial charge in [-0.15, -0.1) is 12.4 Å². The van der Waals surface area contributed by atoms with Crippen LogP contribution in [0.2, 0.25) is 0 Å². The van der Waals surface area contributed by atoms with Crippen molar-refractivity contribution in [2.45, 2.75) is 38.3 Å². The number of likely N-dealkylation sites (tertiary alicyclic amines) is 1. The van der Waals surface area contributed by atoms with Gasteiger partial charge in [-0.3, -0.25) is 4.79 Å². The minimum atomic E-state index is 0. The van der Waals surface area contributed by atoms with Crippen molar-refractivity contribution in [3.8, 4) is 0 Å². The minimum absolute atomic E-state index is 0. The zero-order chi connectivity index (χ0) is 10.8. The highest BCUT2D eigenvalue weighted by Crippen LogP contribution is 2.27. The van der Waals surface area contributed by atoms with Gasteiger partial charge in [-0.05, 0) is 38.6 Å². The van der Waals surface area contributed by atoms with Gasteiger partial charge in [0, 0.05) is 18.6 Å². The highest BCUT2D eigenvalue weighted by atomic mass is 35.5. The van der Waals surface area contributed by atoms with E-state index in [1.54, 1.807) is 0 Å². The molecule has 1 aliphatic carbocycles. The molecular formula is C11H22ClN3O. The second-order valence-electron chi connectivity index (χ2n) is 4.85. The lowest BCUT2D eigenvalue weighted by atomic mass is 10.2. The summed E-state index contributed by atoms with van der Waals surface area (Å²) in [7, 11) is 0. The summed E-state index contributed by atoms with van der Waals surface area (Å²) >= 11 is 0. The molecule has 0 aromatic carbocycles. The maximum absolute atomic E-state index is 11.8. The van der Waals surface area contributed by atoms with Crippen molar-refractivity contribution in [3.05, 3.63) is 0 Å². The van der Waals surface area contributed by atoms with Crippen LogP contribution in [-0.2, 0) is 4.79 Å². The third kappa shape index (κ3) is 3.34. The first kappa shape index (κ1) is 13.7. The zero-order valence-corrected chi connectivity index (χ0v) is 10.6. The molecule has 0 bridgehead atoms. The fourth-order valence-corrected chi connectivity index (χ4v) is 2.12. The third-order valence-electron chi connectivity index (χ3n) is 3.54. The molecule has 2 fully saturated rings. The molecule has 0 aromatic heterocycles. The standard InChI is InChI=1S/C11H21N3O.ClH/c1-8-10(12)4-5-14(8)11(15)7-13-6-9-2-3-9;/h8-10,13H,2-7,12H2,1H3;1H. The van der Waals surface area contributed by atoms with Crippen molar-refractivity contribution >= 4 is 18.3 Å². The van der Waals surface area contributed by atoms with Crippen molar-refractivity contribution in [1.29, 1.82) is 0 Å². The number of carbonyl (C=O) groups excluding carboxylic acids is 1. The first-order valence-corrected chi connectivity index (χ1v) is 5.94. The lowest BCUT2D eigenvalue weighted by Crippen LogP contribution is -2.44. The van der Waals surface area contributed by atoms with E-state index in [4.69, 9.17) is 5.73 Å².